The lowest BCUT2D eigenvalue weighted by atomic mass is 10.1. The number of benzene rings is 2. The maximum Gasteiger partial charge on any atom is 0.247 e. The van der Waals surface area contributed by atoms with Gasteiger partial charge >= 0.3 is 0 Å². The quantitative estimate of drug-likeness (QED) is 0.759. The molecule has 2 aliphatic heterocycles. The standard InChI is InChI=1S/C21H21F2N3O2/c22-16-3-1-15(2-4-16)14-26-20(27)13-19(21(26)28)25-11-9-24(10-12-25)18-7-5-17(23)6-8-18/h1-8,19H,9-14H2/t19-/m0/s1. The van der Waals surface area contributed by atoms with Crippen molar-refractivity contribution in [1.29, 1.82) is 0 Å². The SMILES string of the molecule is O=C1C[C@H](N2CCN(c3ccc(F)cc3)CC2)C(=O)N1Cc1ccc(F)cc1. The highest BCUT2D eigenvalue weighted by Crippen LogP contribution is 2.24. The van der Waals surface area contributed by atoms with Crippen molar-refractivity contribution in [3.8, 4) is 0 Å². The zero-order chi connectivity index (χ0) is 19.7. The predicted octanol–water partition coefficient (Wildman–Crippen LogP) is 2.41. The third-order valence-electron chi connectivity index (χ3n) is 5.42. The first kappa shape index (κ1) is 18.6. The molecule has 0 aliphatic carbocycles. The van der Waals surface area contributed by atoms with Crippen LogP contribution < -0.4 is 4.90 Å². The Bertz CT molecular complexity index is 862. The van der Waals surface area contributed by atoms with Crippen molar-refractivity contribution in [2.24, 2.45) is 0 Å². The Hall–Kier alpha value is -2.80. The van der Waals surface area contributed by atoms with Gasteiger partial charge in [0.2, 0.25) is 11.8 Å². The number of amides is 2. The Morgan fingerprint density at radius 2 is 1.39 bits per heavy atom. The fourth-order valence-electron chi connectivity index (χ4n) is 3.83. The number of anilines is 1. The molecule has 2 heterocycles. The van der Waals surface area contributed by atoms with Gasteiger partial charge in [-0.2, -0.15) is 0 Å². The highest BCUT2D eigenvalue weighted by Gasteiger charge is 2.42. The molecule has 0 spiro atoms. The molecule has 28 heavy (non-hydrogen) atoms. The third-order valence-corrected chi connectivity index (χ3v) is 5.42. The Labute approximate surface area is 162 Å². The maximum atomic E-state index is 13.1. The van der Waals surface area contributed by atoms with Crippen LogP contribution >= 0.6 is 0 Å². The number of likely N-dealkylation sites (tertiary alicyclic amines) is 1. The minimum Gasteiger partial charge on any atom is -0.369 e. The molecule has 2 saturated heterocycles. The lowest BCUT2D eigenvalue weighted by molar-refractivity contribution is -0.140. The molecule has 2 aliphatic rings. The zero-order valence-corrected chi connectivity index (χ0v) is 15.4. The normalized spacial score (nSPS) is 20.9. The van der Waals surface area contributed by atoms with Gasteiger partial charge in [0.25, 0.3) is 0 Å². The van der Waals surface area contributed by atoms with Crippen molar-refractivity contribution in [2.45, 2.75) is 19.0 Å². The van der Waals surface area contributed by atoms with E-state index in [-0.39, 0.29) is 36.4 Å². The van der Waals surface area contributed by atoms with Gasteiger partial charge in [0.15, 0.2) is 0 Å². The average Bonchev–Trinajstić information content (AvgIpc) is 2.99. The molecule has 1 atom stereocenters. The second-order valence-corrected chi connectivity index (χ2v) is 7.16. The molecule has 7 heteroatoms. The minimum absolute atomic E-state index is 0.171. The van der Waals surface area contributed by atoms with Gasteiger partial charge in [-0.05, 0) is 42.0 Å². The Morgan fingerprint density at radius 1 is 0.821 bits per heavy atom. The zero-order valence-electron chi connectivity index (χ0n) is 15.4. The van der Waals surface area contributed by atoms with Crippen molar-refractivity contribution >= 4 is 17.5 Å². The van der Waals surface area contributed by atoms with Gasteiger partial charge in [-0.25, -0.2) is 8.78 Å². The summed E-state index contributed by atoms with van der Waals surface area (Å²) < 4.78 is 26.1. The minimum atomic E-state index is -0.441. The third kappa shape index (κ3) is 3.75. The number of piperazine rings is 1. The fraction of sp³-hybridized carbons (Fsp3) is 0.333. The lowest BCUT2D eigenvalue weighted by Gasteiger charge is -2.38. The predicted molar refractivity (Wildman–Crippen MR) is 101 cm³/mol. The lowest BCUT2D eigenvalue weighted by Crippen LogP contribution is -2.52. The molecule has 0 radical (unpaired) electrons. The van der Waals surface area contributed by atoms with Gasteiger partial charge in [0, 0.05) is 31.9 Å². The van der Waals surface area contributed by atoms with Crippen LogP contribution in [-0.4, -0.2) is 53.8 Å². The van der Waals surface area contributed by atoms with Crippen LogP contribution in [0.2, 0.25) is 0 Å². The molecule has 0 N–H and O–H groups in total. The van der Waals surface area contributed by atoms with E-state index in [4.69, 9.17) is 0 Å². The fourth-order valence-corrected chi connectivity index (χ4v) is 3.83. The Morgan fingerprint density at radius 3 is 2.00 bits per heavy atom. The monoisotopic (exact) mass is 385 g/mol. The molecule has 2 aromatic rings. The van der Waals surface area contributed by atoms with Crippen LogP contribution in [0.15, 0.2) is 48.5 Å². The summed E-state index contributed by atoms with van der Waals surface area (Å²) in [5.74, 6) is -0.997. The van der Waals surface area contributed by atoms with Gasteiger partial charge in [0.05, 0.1) is 19.0 Å². The van der Waals surface area contributed by atoms with E-state index in [0.29, 0.717) is 26.2 Å². The second-order valence-electron chi connectivity index (χ2n) is 7.16. The molecular weight excluding hydrogens is 364 g/mol. The van der Waals surface area contributed by atoms with Crippen molar-refractivity contribution < 1.29 is 18.4 Å². The summed E-state index contributed by atoms with van der Waals surface area (Å²) in [5, 5.41) is 0. The molecule has 0 bridgehead atoms. The van der Waals surface area contributed by atoms with Crippen molar-refractivity contribution in [3.05, 3.63) is 65.7 Å². The summed E-state index contributed by atoms with van der Waals surface area (Å²) in [5.41, 5.74) is 1.68. The van der Waals surface area contributed by atoms with E-state index in [1.54, 1.807) is 24.3 Å². The Kier molecular flexibility index (Phi) is 5.09. The van der Waals surface area contributed by atoms with Crippen LogP contribution in [0.5, 0.6) is 0 Å². The van der Waals surface area contributed by atoms with Gasteiger partial charge in [0.1, 0.15) is 11.6 Å². The molecule has 2 amide bonds. The number of nitrogens with zero attached hydrogens (tertiary/aromatic N) is 3. The first-order valence-corrected chi connectivity index (χ1v) is 9.34. The number of imide groups is 1. The van der Waals surface area contributed by atoms with E-state index in [1.165, 1.54) is 29.2 Å². The molecular formula is C21H21F2N3O2. The van der Waals surface area contributed by atoms with Crippen LogP contribution in [-0.2, 0) is 16.1 Å². The van der Waals surface area contributed by atoms with Crippen molar-refractivity contribution in [3.63, 3.8) is 0 Å². The van der Waals surface area contributed by atoms with E-state index in [2.05, 4.69) is 4.90 Å². The van der Waals surface area contributed by atoms with E-state index >= 15 is 0 Å². The van der Waals surface area contributed by atoms with Crippen LogP contribution in [0.25, 0.3) is 0 Å². The molecule has 2 fully saturated rings. The molecule has 0 saturated carbocycles. The highest BCUT2D eigenvalue weighted by atomic mass is 19.1. The molecule has 5 nitrogen and oxygen atoms in total. The number of hydrogen-bond donors (Lipinski definition) is 0. The number of carbonyl (C=O) groups excluding carboxylic acids is 2. The van der Waals surface area contributed by atoms with Crippen LogP contribution in [0.4, 0.5) is 14.5 Å². The largest absolute Gasteiger partial charge is 0.369 e. The van der Waals surface area contributed by atoms with Gasteiger partial charge < -0.3 is 4.90 Å². The molecule has 0 aromatic heterocycles. The smallest absolute Gasteiger partial charge is 0.247 e. The highest BCUT2D eigenvalue weighted by molar-refractivity contribution is 6.05. The van der Waals surface area contributed by atoms with E-state index in [9.17, 15) is 18.4 Å². The van der Waals surface area contributed by atoms with Gasteiger partial charge in [-0.3, -0.25) is 19.4 Å². The molecule has 146 valence electrons. The number of hydrogen-bond acceptors (Lipinski definition) is 4. The van der Waals surface area contributed by atoms with Gasteiger partial charge in [-0.1, -0.05) is 12.1 Å². The van der Waals surface area contributed by atoms with Crippen LogP contribution in [0.3, 0.4) is 0 Å². The van der Waals surface area contributed by atoms with Gasteiger partial charge in [-0.15, -0.1) is 0 Å². The number of carbonyl (C=O) groups is 2. The molecule has 4 rings (SSSR count). The molecule has 0 unspecified atom stereocenters. The van der Waals surface area contributed by atoms with E-state index < -0.39 is 6.04 Å². The molecule has 2 aromatic carbocycles. The Balaban J connectivity index is 1.37. The van der Waals surface area contributed by atoms with Crippen LogP contribution in [0, 0.1) is 11.6 Å². The van der Waals surface area contributed by atoms with E-state index in [1.807, 2.05) is 4.90 Å². The summed E-state index contributed by atoms with van der Waals surface area (Å²) in [6.45, 7) is 2.91. The van der Waals surface area contributed by atoms with Crippen LogP contribution in [0.1, 0.15) is 12.0 Å². The van der Waals surface area contributed by atoms with Crippen molar-refractivity contribution in [1.82, 2.24) is 9.80 Å². The van der Waals surface area contributed by atoms with Crippen molar-refractivity contribution in [2.75, 3.05) is 31.1 Å². The van der Waals surface area contributed by atoms with E-state index in [0.717, 1.165) is 11.3 Å². The second kappa shape index (κ2) is 7.67. The topological polar surface area (TPSA) is 43.9 Å². The average molecular weight is 385 g/mol. The maximum absolute atomic E-state index is 13.1. The summed E-state index contributed by atoms with van der Waals surface area (Å²) in [4.78, 5) is 30.7. The summed E-state index contributed by atoms with van der Waals surface area (Å²) in [6.07, 6.45) is 0.177. The summed E-state index contributed by atoms with van der Waals surface area (Å²) in [7, 11) is 0. The number of rotatable bonds is 4. The first-order valence-electron chi connectivity index (χ1n) is 9.34. The summed E-state index contributed by atoms with van der Waals surface area (Å²) >= 11 is 0. The number of halogens is 2. The first-order chi connectivity index (χ1) is 13.5. The summed E-state index contributed by atoms with van der Waals surface area (Å²) in [6, 6.07) is 11.8.